The molecule has 0 spiro atoms. The Kier molecular flexibility index (Phi) is 52.9. The molecule has 0 aromatic rings. The summed E-state index contributed by atoms with van der Waals surface area (Å²) in [7, 11) is 0.583. The van der Waals surface area contributed by atoms with E-state index >= 15 is 0 Å². The molecule has 2 nitrogen and oxygen atoms in total. The number of allylic oxidation sites excluding steroid dienone is 4. The molecule has 124 valence electrons. The van der Waals surface area contributed by atoms with Crippen LogP contribution in [0.2, 0.25) is 19.6 Å². The van der Waals surface area contributed by atoms with E-state index in [9.17, 15) is 0 Å². The van der Waals surface area contributed by atoms with Gasteiger partial charge < -0.3 is 25.0 Å². The molecule has 20 heavy (non-hydrogen) atoms. The van der Waals surface area contributed by atoms with Crippen molar-refractivity contribution < 1.29 is 23.6 Å². The van der Waals surface area contributed by atoms with Crippen molar-refractivity contribution in [1.82, 2.24) is 0 Å². The average Bonchev–Trinajstić information content (AvgIpc) is 2.77. The first-order valence-corrected chi connectivity index (χ1v) is 12.8. The zero-order chi connectivity index (χ0) is 12.9. The minimum absolute atomic E-state index is 0. The zero-order valence-electron chi connectivity index (χ0n) is 13.5. The second-order valence-corrected chi connectivity index (χ2v) is 8.58. The summed E-state index contributed by atoms with van der Waals surface area (Å²) < 4.78 is 5.49. The van der Waals surface area contributed by atoms with Crippen LogP contribution in [0.4, 0.5) is 0 Å². The summed E-state index contributed by atoms with van der Waals surface area (Å²) in [5, 5.41) is 0. The van der Waals surface area contributed by atoms with E-state index in [4.69, 9.17) is 10.2 Å². The number of rotatable bonds is 4. The Balaban J connectivity index is -0.0000000391. The van der Waals surface area contributed by atoms with E-state index in [0.717, 1.165) is 19.4 Å². The molecule has 0 saturated heterocycles. The molecule has 0 bridgehead atoms. The van der Waals surface area contributed by atoms with Crippen molar-refractivity contribution in [2.24, 2.45) is 0 Å². The van der Waals surface area contributed by atoms with Crippen LogP contribution in [-0.4, -0.2) is 29.1 Å². The molecule has 0 heterocycles. The number of hydrogen-bond donors (Lipinski definition) is 0. The van der Waals surface area contributed by atoms with Crippen molar-refractivity contribution in [2.75, 3.05) is 13.2 Å². The van der Waals surface area contributed by atoms with Crippen molar-refractivity contribution in [3.05, 3.63) is 44.9 Å². The number of nitrogens with one attached hydrogen (secondary N) is 1. The first-order valence-electron chi connectivity index (χ1n) is 5.42. The molecule has 1 aliphatic rings. The van der Waals surface area contributed by atoms with Crippen LogP contribution in [0.1, 0.15) is 12.8 Å². The summed E-state index contributed by atoms with van der Waals surface area (Å²) in [6.07, 6.45) is 10.9. The summed E-state index contributed by atoms with van der Waals surface area (Å²) in [5.74, 6) is 0. The SMILES string of the molecule is C[Si](C)(C)OCCC[NH-].Cl.Cl.[C-]1=CC=CC1.[CH3-].[CH3-].[SiH2]=[Ti]. The maximum absolute atomic E-state index is 6.85. The summed E-state index contributed by atoms with van der Waals surface area (Å²) in [6, 6.07) is 0. The maximum atomic E-state index is 6.85. The molecule has 0 aromatic heterocycles. The Hall–Kier alpha value is 1.13. The van der Waals surface area contributed by atoms with Gasteiger partial charge in [0.1, 0.15) is 0 Å². The Morgan fingerprint density at radius 1 is 1.25 bits per heavy atom. The molecule has 1 N–H and O–H groups in total. The van der Waals surface area contributed by atoms with E-state index in [1.807, 2.05) is 39.0 Å². The molecule has 0 aliphatic heterocycles. The van der Waals surface area contributed by atoms with Gasteiger partial charge in [-0.1, -0.05) is 0 Å². The van der Waals surface area contributed by atoms with Crippen LogP contribution in [0, 0.1) is 20.9 Å². The van der Waals surface area contributed by atoms with Crippen LogP contribution in [0.3, 0.4) is 0 Å². The molecular formula is C13H31Cl2NOSi2Ti-4. The molecule has 0 unspecified atom stereocenters. The minimum atomic E-state index is -1.28. The molecule has 0 fully saturated rings. The fraction of sp³-hybridized carbons (Fsp3) is 0.538. The monoisotopic (exact) mass is 391 g/mol. The summed E-state index contributed by atoms with van der Waals surface area (Å²) >= 11 is 2.03. The number of halogens is 2. The van der Waals surface area contributed by atoms with Crippen molar-refractivity contribution in [2.45, 2.75) is 32.5 Å². The van der Waals surface area contributed by atoms with Gasteiger partial charge in [0.05, 0.1) is 0 Å². The normalized spacial score (nSPS) is 9.95. The Bertz CT molecular complexity index is 203. The third kappa shape index (κ3) is 42.7. The Morgan fingerprint density at radius 3 is 1.95 bits per heavy atom. The van der Waals surface area contributed by atoms with Crippen molar-refractivity contribution in [1.29, 1.82) is 0 Å². The molecule has 0 amide bonds. The zero-order valence-corrected chi connectivity index (χ0v) is 19.1. The quantitative estimate of drug-likeness (QED) is 0.396. The van der Waals surface area contributed by atoms with Gasteiger partial charge >= 0.3 is 26.8 Å². The molecule has 0 radical (unpaired) electrons. The van der Waals surface area contributed by atoms with Gasteiger partial charge in [-0.2, -0.15) is 6.08 Å². The van der Waals surface area contributed by atoms with Gasteiger partial charge in [-0.3, -0.25) is 6.08 Å². The molecule has 7 heteroatoms. The van der Waals surface area contributed by atoms with E-state index in [1.54, 1.807) is 0 Å². The molecule has 1 rings (SSSR count). The van der Waals surface area contributed by atoms with Crippen LogP contribution in [-0.2, 0) is 23.6 Å². The third-order valence-electron chi connectivity index (χ3n) is 1.44. The van der Waals surface area contributed by atoms with Gasteiger partial charge in [0, 0.05) is 6.61 Å². The summed E-state index contributed by atoms with van der Waals surface area (Å²) in [5.41, 5.74) is 6.85. The topological polar surface area (TPSA) is 33.0 Å². The predicted molar refractivity (Wildman–Crippen MR) is 101 cm³/mol. The molecule has 0 saturated carbocycles. The van der Waals surface area contributed by atoms with Gasteiger partial charge in [-0.15, -0.1) is 37.8 Å². The van der Waals surface area contributed by atoms with Crippen LogP contribution in [0.15, 0.2) is 18.2 Å². The van der Waals surface area contributed by atoms with Gasteiger partial charge in [0.2, 0.25) is 0 Å². The van der Waals surface area contributed by atoms with E-state index in [-0.39, 0.29) is 39.7 Å². The summed E-state index contributed by atoms with van der Waals surface area (Å²) in [4.78, 5) is 0. The van der Waals surface area contributed by atoms with Crippen LogP contribution in [0.25, 0.3) is 5.73 Å². The van der Waals surface area contributed by atoms with Gasteiger partial charge in [0.15, 0.2) is 8.32 Å². The third-order valence-corrected chi connectivity index (χ3v) is 2.51. The molecule has 0 atom stereocenters. The van der Waals surface area contributed by atoms with E-state index in [1.165, 1.54) is 0 Å². The fourth-order valence-electron chi connectivity index (χ4n) is 0.791. The predicted octanol–water partition coefficient (Wildman–Crippen LogP) is 4.41. The standard InChI is InChI=1S/C6H16NOSi.C5H5.2CH3.2ClH.H2Si.Ti/c1-9(2,3)8-6-4-5-7;1-2-4-5-3-1;;;;;;/h7H,4-6H2,1-3H3;1-3H,4H2;2*1H3;2*1H;1H2;/q4*-1;;;;. The molecule has 1 aliphatic carbocycles. The van der Waals surface area contributed by atoms with E-state index < -0.39 is 8.32 Å². The van der Waals surface area contributed by atoms with Gasteiger partial charge in [-0.05, 0) is 26.1 Å². The fourth-order valence-corrected chi connectivity index (χ4v) is 1.55. The average molecular weight is 392 g/mol. The van der Waals surface area contributed by atoms with Crippen molar-refractivity contribution in [3.8, 4) is 0 Å². The molecular weight excluding hydrogens is 361 g/mol. The number of hydrogen-bond acceptors (Lipinski definition) is 1. The second-order valence-electron chi connectivity index (χ2n) is 4.07. The van der Waals surface area contributed by atoms with Crippen molar-refractivity contribution >= 4 is 40.8 Å². The van der Waals surface area contributed by atoms with E-state index in [2.05, 4.69) is 31.8 Å². The molecule has 0 aromatic carbocycles. The second kappa shape index (κ2) is 28.3. The van der Waals surface area contributed by atoms with E-state index in [0.29, 0.717) is 6.54 Å². The van der Waals surface area contributed by atoms with Crippen LogP contribution in [0.5, 0.6) is 0 Å². The van der Waals surface area contributed by atoms with Gasteiger partial charge in [-0.25, -0.2) is 12.2 Å². The van der Waals surface area contributed by atoms with Crippen LogP contribution < -0.4 is 0 Å². The first-order chi connectivity index (χ1) is 7.56. The van der Waals surface area contributed by atoms with Crippen LogP contribution >= 0.6 is 24.8 Å². The first kappa shape index (κ1) is 37.4. The Labute approximate surface area is 154 Å². The van der Waals surface area contributed by atoms with Crippen molar-refractivity contribution in [3.63, 3.8) is 0 Å². The van der Waals surface area contributed by atoms with Gasteiger partial charge in [0.25, 0.3) is 0 Å². The summed E-state index contributed by atoms with van der Waals surface area (Å²) in [6.45, 7) is 7.76. The Morgan fingerprint density at radius 2 is 1.75 bits per heavy atom.